The first-order valence-electron chi connectivity index (χ1n) is 8.77. The number of nitriles is 1. The van der Waals surface area contributed by atoms with E-state index in [9.17, 15) is 14.4 Å². The average Bonchev–Trinajstić information content (AvgIpc) is 2.66. The number of benzene rings is 1. The Bertz CT molecular complexity index is 871. The van der Waals surface area contributed by atoms with Crippen LogP contribution < -0.4 is 4.90 Å². The standard InChI is InChI=1S/C20H21FN4OS/c1-14-11-15(2)23-20(18(14)12-22)27-13-19(26)25-9-7-24(8-10-25)17-5-3-16(21)4-6-17/h3-6,11H,7-10,13H2,1-2H3. The van der Waals surface area contributed by atoms with Crippen LogP contribution in [-0.2, 0) is 4.79 Å². The summed E-state index contributed by atoms with van der Waals surface area (Å²) in [6.07, 6.45) is 0. The lowest BCUT2D eigenvalue weighted by molar-refractivity contribution is -0.128. The van der Waals surface area contributed by atoms with Crippen molar-refractivity contribution in [1.82, 2.24) is 9.88 Å². The van der Waals surface area contributed by atoms with Gasteiger partial charge in [-0.2, -0.15) is 5.26 Å². The number of thioether (sulfide) groups is 1. The molecule has 0 radical (unpaired) electrons. The van der Waals surface area contributed by atoms with Gasteiger partial charge in [0.2, 0.25) is 5.91 Å². The molecule has 2 heterocycles. The molecule has 0 saturated carbocycles. The van der Waals surface area contributed by atoms with Crippen LogP contribution in [0, 0.1) is 31.0 Å². The molecule has 5 nitrogen and oxygen atoms in total. The topological polar surface area (TPSA) is 60.2 Å². The Morgan fingerprint density at radius 3 is 2.52 bits per heavy atom. The van der Waals surface area contributed by atoms with E-state index in [-0.39, 0.29) is 17.5 Å². The molecule has 0 atom stereocenters. The number of anilines is 1. The van der Waals surface area contributed by atoms with Gasteiger partial charge in [0.25, 0.3) is 0 Å². The molecule has 1 fully saturated rings. The van der Waals surface area contributed by atoms with Crippen molar-refractivity contribution in [2.45, 2.75) is 18.9 Å². The van der Waals surface area contributed by atoms with Crippen molar-refractivity contribution in [3.63, 3.8) is 0 Å². The van der Waals surface area contributed by atoms with Gasteiger partial charge < -0.3 is 9.80 Å². The van der Waals surface area contributed by atoms with Crippen LogP contribution in [0.3, 0.4) is 0 Å². The monoisotopic (exact) mass is 384 g/mol. The second-order valence-electron chi connectivity index (χ2n) is 6.51. The molecule has 7 heteroatoms. The molecule has 1 aliphatic rings. The fourth-order valence-corrected chi connectivity index (χ4v) is 4.13. The number of aryl methyl sites for hydroxylation is 2. The third kappa shape index (κ3) is 4.58. The highest BCUT2D eigenvalue weighted by molar-refractivity contribution is 8.00. The number of hydrogen-bond acceptors (Lipinski definition) is 5. The molecular weight excluding hydrogens is 363 g/mol. The number of amides is 1. The second kappa shape index (κ2) is 8.40. The molecule has 0 N–H and O–H groups in total. The maximum absolute atomic E-state index is 13.1. The first-order chi connectivity index (χ1) is 13.0. The Morgan fingerprint density at radius 1 is 1.22 bits per heavy atom. The van der Waals surface area contributed by atoms with E-state index < -0.39 is 0 Å². The lowest BCUT2D eigenvalue weighted by Crippen LogP contribution is -2.49. The predicted molar refractivity (Wildman–Crippen MR) is 104 cm³/mol. The molecule has 1 aromatic heterocycles. The van der Waals surface area contributed by atoms with Crippen LogP contribution in [0.25, 0.3) is 0 Å². The van der Waals surface area contributed by atoms with E-state index in [1.165, 1.54) is 23.9 Å². The fraction of sp³-hybridized carbons (Fsp3) is 0.350. The minimum Gasteiger partial charge on any atom is -0.368 e. The van der Waals surface area contributed by atoms with Crippen LogP contribution in [-0.4, -0.2) is 47.7 Å². The number of pyridine rings is 1. The van der Waals surface area contributed by atoms with Gasteiger partial charge in [0, 0.05) is 37.6 Å². The van der Waals surface area contributed by atoms with Gasteiger partial charge in [-0.05, 0) is 49.7 Å². The number of piperazine rings is 1. The zero-order chi connectivity index (χ0) is 19.4. The van der Waals surface area contributed by atoms with E-state index in [2.05, 4.69) is 16.0 Å². The number of carbonyl (C=O) groups is 1. The smallest absolute Gasteiger partial charge is 0.233 e. The Balaban J connectivity index is 1.56. The zero-order valence-electron chi connectivity index (χ0n) is 15.4. The summed E-state index contributed by atoms with van der Waals surface area (Å²) in [6, 6.07) is 10.5. The van der Waals surface area contributed by atoms with Crippen molar-refractivity contribution in [2.75, 3.05) is 36.8 Å². The third-order valence-corrected chi connectivity index (χ3v) is 5.54. The first kappa shape index (κ1) is 19.2. The number of nitrogens with zero attached hydrogens (tertiary/aromatic N) is 4. The fourth-order valence-electron chi connectivity index (χ4n) is 3.13. The quantitative estimate of drug-likeness (QED) is 0.758. The predicted octanol–water partition coefficient (Wildman–Crippen LogP) is 3.15. The average molecular weight is 384 g/mol. The van der Waals surface area contributed by atoms with Gasteiger partial charge in [-0.15, -0.1) is 0 Å². The molecule has 2 aromatic rings. The van der Waals surface area contributed by atoms with Crippen LogP contribution in [0.5, 0.6) is 0 Å². The highest BCUT2D eigenvalue weighted by Crippen LogP contribution is 2.24. The molecule has 1 amide bonds. The van der Waals surface area contributed by atoms with Crippen LogP contribution in [0.2, 0.25) is 0 Å². The first-order valence-corrected chi connectivity index (χ1v) is 9.76. The minimum absolute atomic E-state index is 0.0450. The molecule has 0 unspecified atom stereocenters. The van der Waals surface area contributed by atoms with E-state index in [0.717, 1.165) is 16.9 Å². The minimum atomic E-state index is -0.249. The van der Waals surface area contributed by atoms with E-state index >= 15 is 0 Å². The summed E-state index contributed by atoms with van der Waals surface area (Å²) in [5, 5.41) is 9.95. The molecule has 27 heavy (non-hydrogen) atoms. The molecule has 0 bridgehead atoms. The molecule has 1 aliphatic heterocycles. The Kier molecular flexibility index (Phi) is 5.97. The Hall–Kier alpha value is -2.59. The number of rotatable bonds is 4. The van der Waals surface area contributed by atoms with Crippen LogP contribution >= 0.6 is 11.8 Å². The molecule has 140 valence electrons. The van der Waals surface area contributed by atoms with E-state index in [4.69, 9.17) is 0 Å². The molecular formula is C20H21FN4OS. The van der Waals surface area contributed by atoms with Crippen LogP contribution in [0.1, 0.15) is 16.8 Å². The van der Waals surface area contributed by atoms with Crippen molar-refractivity contribution in [1.29, 1.82) is 5.26 Å². The van der Waals surface area contributed by atoms with Crippen LogP contribution in [0.15, 0.2) is 35.4 Å². The lowest BCUT2D eigenvalue weighted by atomic mass is 10.1. The number of carbonyl (C=O) groups excluding carboxylic acids is 1. The van der Waals surface area contributed by atoms with E-state index in [1.807, 2.05) is 24.8 Å². The number of aromatic nitrogens is 1. The summed E-state index contributed by atoms with van der Waals surface area (Å²) in [4.78, 5) is 21.0. The van der Waals surface area contributed by atoms with Gasteiger partial charge in [-0.1, -0.05) is 11.8 Å². The Labute approximate surface area is 162 Å². The Morgan fingerprint density at radius 2 is 1.89 bits per heavy atom. The van der Waals surface area contributed by atoms with Crippen molar-refractivity contribution < 1.29 is 9.18 Å². The highest BCUT2D eigenvalue weighted by atomic mass is 32.2. The molecule has 1 saturated heterocycles. The SMILES string of the molecule is Cc1cc(C)c(C#N)c(SCC(=O)N2CCN(c3ccc(F)cc3)CC2)n1. The summed E-state index contributed by atoms with van der Waals surface area (Å²) in [5.41, 5.74) is 3.23. The van der Waals surface area contributed by atoms with Crippen molar-refractivity contribution >= 4 is 23.4 Å². The molecule has 0 spiro atoms. The summed E-state index contributed by atoms with van der Waals surface area (Å²) in [5.74, 6) is 0.0612. The highest BCUT2D eigenvalue weighted by Gasteiger charge is 2.22. The largest absolute Gasteiger partial charge is 0.368 e. The van der Waals surface area contributed by atoms with Gasteiger partial charge in [-0.3, -0.25) is 4.79 Å². The maximum atomic E-state index is 13.1. The summed E-state index contributed by atoms with van der Waals surface area (Å²) in [6.45, 7) is 6.45. The normalized spacial score (nSPS) is 14.1. The summed E-state index contributed by atoms with van der Waals surface area (Å²) in [7, 11) is 0. The summed E-state index contributed by atoms with van der Waals surface area (Å²) < 4.78 is 13.1. The molecule has 0 aliphatic carbocycles. The maximum Gasteiger partial charge on any atom is 0.233 e. The van der Waals surface area contributed by atoms with Gasteiger partial charge in [0.1, 0.15) is 16.9 Å². The zero-order valence-corrected chi connectivity index (χ0v) is 16.2. The van der Waals surface area contributed by atoms with Crippen molar-refractivity contribution in [3.05, 3.63) is 53.0 Å². The van der Waals surface area contributed by atoms with Gasteiger partial charge >= 0.3 is 0 Å². The van der Waals surface area contributed by atoms with Crippen molar-refractivity contribution in [3.8, 4) is 6.07 Å². The van der Waals surface area contributed by atoms with Crippen molar-refractivity contribution in [2.24, 2.45) is 0 Å². The number of hydrogen-bond donors (Lipinski definition) is 0. The van der Waals surface area contributed by atoms with Gasteiger partial charge in [0.15, 0.2) is 0 Å². The van der Waals surface area contributed by atoms with E-state index in [0.29, 0.717) is 36.8 Å². The third-order valence-electron chi connectivity index (χ3n) is 4.58. The van der Waals surface area contributed by atoms with E-state index in [1.54, 1.807) is 12.1 Å². The van der Waals surface area contributed by atoms with Gasteiger partial charge in [0.05, 0.1) is 11.3 Å². The van der Waals surface area contributed by atoms with Gasteiger partial charge in [-0.25, -0.2) is 9.37 Å². The molecule has 1 aromatic carbocycles. The van der Waals surface area contributed by atoms with Crippen LogP contribution in [0.4, 0.5) is 10.1 Å². The lowest BCUT2D eigenvalue weighted by Gasteiger charge is -2.36. The molecule has 3 rings (SSSR count). The number of halogens is 1. The second-order valence-corrected chi connectivity index (χ2v) is 7.47. The summed E-state index contributed by atoms with van der Waals surface area (Å²) >= 11 is 1.32.